The fourth-order valence-corrected chi connectivity index (χ4v) is 7.16. The van der Waals surface area contributed by atoms with Gasteiger partial charge in [0.05, 0.1) is 26.2 Å². The predicted octanol–water partition coefficient (Wildman–Crippen LogP) is 7.17. The molecule has 0 spiro atoms. The highest BCUT2D eigenvalue weighted by atomic mass is 35.5. The molecule has 36 heavy (non-hydrogen) atoms. The number of benzene rings is 2. The lowest BCUT2D eigenvalue weighted by Gasteiger charge is -2.37. The van der Waals surface area contributed by atoms with Gasteiger partial charge in [-0.3, -0.25) is 14.6 Å². The average Bonchev–Trinajstić information content (AvgIpc) is 3.20. The number of fused-ring (bicyclic) bond motifs is 4. The summed E-state index contributed by atoms with van der Waals surface area (Å²) in [5.74, 6) is 0.424. The van der Waals surface area contributed by atoms with Crippen LogP contribution >= 0.6 is 46.4 Å². The van der Waals surface area contributed by atoms with Crippen LogP contribution in [0.1, 0.15) is 62.5 Å². The molecule has 2 aromatic carbocycles. The number of hydrogen-bond donors (Lipinski definition) is 1. The molecule has 2 unspecified atom stereocenters. The van der Waals surface area contributed by atoms with Crippen LogP contribution in [-0.4, -0.2) is 51.0 Å². The third-order valence-corrected chi connectivity index (χ3v) is 9.73. The summed E-state index contributed by atoms with van der Waals surface area (Å²) in [4.78, 5) is 16.5. The molecule has 1 N–H and O–H groups in total. The van der Waals surface area contributed by atoms with Crippen molar-refractivity contribution < 1.29 is 9.90 Å². The molecule has 2 aromatic rings. The van der Waals surface area contributed by atoms with Crippen molar-refractivity contribution in [2.24, 2.45) is 0 Å². The molecule has 5 atom stereocenters. The summed E-state index contributed by atoms with van der Waals surface area (Å²) >= 11 is 23.9. The molecule has 4 saturated heterocycles. The van der Waals surface area contributed by atoms with E-state index in [1.54, 1.807) is 0 Å². The fraction of sp³-hybridized carbons (Fsp3) is 0.536. The first-order valence-corrected chi connectivity index (χ1v) is 14.4. The van der Waals surface area contributed by atoms with Crippen LogP contribution in [0.5, 0.6) is 0 Å². The van der Waals surface area contributed by atoms with E-state index in [0.717, 1.165) is 51.6 Å². The number of Topliss-reactive ketones (excluding diaryl/α,β-unsaturated/α-hetero) is 1. The van der Waals surface area contributed by atoms with Crippen molar-refractivity contribution in [2.45, 2.75) is 94.7 Å². The molecule has 4 aliphatic heterocycles. The highest BCUT2D eigenvalue weighted by Crippen LogP contribution is 2.38. The largest absolute Gasteiger partial charge is 0.393 e. The van der Waals surface area contributed by atoms with Crippen LogP contribution in [0, 0.1) is 0 Å². The zero-order valence-electron chi connectivity index (χ0n) is 20.2. The zero-order valence-corrected chi connectivity index (χ0v) is 23.2. The Morgan fingerprint density at radius 1 is 0.667 bits per heavy atom. The minimum absolute atomic E-state index is 0.104. The number of piperidine rings is 2. The van der Waals surface area contributed by atoms with Gasteiger partial charge in [0.25, 0.3) is 0 Å². The second-order valence-corrected chi connectivity index (χ2v) is 12.3. The molecule has 4 fully saturated rings. The van der Waals surface area contributed by atoms with Gasteiger partial charge in [-0.05, 0) is 73.9 Å². The van der Waals surface area contributed by atoms with Crippen LogP contribution in [-0.2, 0) is 17.9 Å². The smallest absolute Gasteiger partial charge is 0.136 e. The van der Waals surface area contributed by atoms with Gasteiger partial charge in [-0.15, -0.1) is 0 Å². The lowest BCUT2D eigenvalue weighted by molar-refractivity contribution is -0.123. The fourth-order valence-electron chi connectivity index (χ4n) is 6.52. The maximum Gasteiger partial charge on any atom is 0.136 e. The Labute approximate surface area is 233 Å². The third kappa shape index (κ3) is 6.07. The zero-order chi connectivity index (χ0) is 25.4. The van der Waals surface area contributed by atoms with E-state index in [9.17, 15) is 9.90 Å². The summed E-state index contributed by atoms with van der Waals surface area (Å²) < 4.78 is 0. The molecule has 0 saturated carbocycles. The van der Waals surface area contributed by atoms with Gasteiger partial charge in [-0.2, -0.15) is 0 Å². The lowest BCUT2D eigenvalue weighted by atomic mass is 9.99. The predicted molar refractivity (Wildman–Crippen MR) is 147 cm³/mol. The highest BCUT2D eigenvalue weighted by molar-refractivity contribution is 6.42. The first-order chi connectivity index (χ1) is 17.3. The molecule has 0 aromatic heterocycles. The Hall–Kier alpha value is -0.850. The summed E-state index contributed by atoms with van der Waals surface area (Å²) in [6.45, 7) is 1.79. The van der Waals surface area contributed by atoms with E-state index in [4.69, 9.17) is 46.4 Å². The Balaban J connectivity index is 0.000000148. The van der Waals surface area contributed by atoms with E-state index in [0.29, 0.717) is 50.0 Å². The number of aliphatic hydroxyl groups excluding tert-OH is 1. The second-order valence-electron chi connectivity index (χ2n) is 10.7. The number of halogens is 4. The molecule has 4 bridgehead atoms. The van der Waals surface area contributed by atoms with Crippen molar-refractivity contribution in [3.05, 3.63) is 67.6 Å². The quantitative estimate of drug-likeness (QED) is 0.424. The van der Waals surface area contributed by atoms with E-state index in [-0.39, 0.29) is 6.10 Å². The van der Waals surface area contributed by atoms with Gasteiger partial charge < -0.3 is 5.11 Å². The Kier molecular flexibility index (Phi) is 8.54. The van der Waals surface area contributed by atoms with Crippen LogP contribution < -0.4 is 0 Å². The minimum atomic E-state index is -0.104. The average molecular weight is 570 g/mol. The first kappa shape index (κ1) is 26.7. The van der Waals surface area contributed by atoms with Crippen LogP contribution in [0.25, 0.3) is 0 Å². The van der Waals surface area contributed by atoms with E-state index in [2.05, 4.69) is 9.80 Å². The van der Waals surface area contributed by atoms with Gasteiger partial charge in [0.1, 0.15) is 5.78 Å². The van der Waals surface area contributed by atoms with Crippen molar-refractivity contribution in [3.63, 3.8) is 0 Å². The molecule has 194 valence electrons. The van der Waals surface area contributed by atoms with E-state index in [1.807, 2.05) is 36.4 Å². The maximum atomic E-state index is 11.6. The van der Waals surface area contributed by atoms with Gasteiger partial charge in [-0.1, -0.05) is 58.5 Å². The van der Waals surface area contributed by atoms with Gasteiger partial charge in [0, 0.05) is 50.1 Å². The summed E-state index contributed by atoms with van der Waals surface area (Å²) in [5.41, 5.74) is 2.38. The van der Waals surface area contributed by atoms with Crippen molar-refractivity contribution in [3.8, 4) is 0 Å². The van der Waals surface area contributed by atoms with Crippen LogP contribution in [0.3, 0.4) is 0 Å². The Morgan fingerprint density at radius 2 is 1.08 bits per heavy atom. The number of nitrogens with zero attached hydrogens (tertiary/aromatic N) is 2. The van der Waals surface area contributed by atoms with Crippen molar-refractivity contribution in [1.29, 1.82) is 0 Å². The SMILES string of the molecule is O=C1CC2CCC(C1)N2Cc1ccc(Cl)c(Cl)c1.O[C@H]1C[C@H]2CC[C@@H](C1)N2Cc1ccc(Cl)c(Cl)c1. The third-order valence-electron chi connectivity index (χ3n) is 8.26. The van der Waals surface area contributed by atoms with Crippen LogP contribution in [0.2, 0.25) is 20.1 Å². The van der Waals surface area contributed by atoms with E-state index >= 15 is 0 Å². The van der Waals surface area contributed by atoms with Gasteiger partial charge in [-0.25, -0.2) is 0 Å². The molecular formula is C28H32Cl4N2O2. The van der Waals surface area contributed by atoms with Crippen molar-refractivity contribution in [2.75, 3.05) is 0 Å². The molecule has 4 heterocycles. The first-order valence-electron chi connectivity index (χ1n) is 12.9. The van der Waals surface area contributed by atoms with Crippen LogP contribution in [0.4, 0.5) is 0 Å². The number of aliphatic hydroxyl groups is 1. The number of ketones is 1. The standard InChI is InChI=1S/C14H17Cl2NO.C14H15Cl2NO/c2*15-13-4-1-9(5-14(13)16)8-17-10-2-3-11(17)7-12(18)6-10/h1,4-5,10-12,18H,2-3,6-8H2;1,4-5,10-11H,2-3,6-8H2/t10-,11+,12+;. The molecule has 4 aliphatic rings. The van der Waals surface area contributed by atoms with E-state index < -0.39 is 0 Å². The summed E-state index contributed by atoms with van der Waals surface area (Å²) in [6, 6.07) is 13.6. The highest BCUT2D eigenvalue weighted by Gasteiger charge is 2.40. The van der Waals surface area contributed by atoms with E-state index in [1.165, 1.54) is 24.0 Å². The molecule has 4 nitrogen and oxygen atoms in total. The monoisotopic (exact) mass is 568 g/mol. The Morgan fingerprint density at radius 3 is 1.53 bits per heavy atom. The van der Waals surface area contributed by atoms with Crippen LogP contribution in [0.15, 0.2) is 36.4 Å². The normalized spacial score (nSPS) is 29.8. The molecule has 0 amide bonds. The summed E-state index contributed by atoms with van der Waals surface area (Å²) in [6.07, 6.45) is 7.89. The number of carbonyl (C=O) groups is 1. The Bertz CT molecular complexity index is 1080. The summed E-state index contributed by atoms with van der Waals surface area (Å²) in [5, 5.41) is 12.2. The van der Waals surface area contributed by atoms with Crippen molar-refractivity contribution >= 4 is 52.2 Å². The minimum Gasteiger partial charge on any atom is -0.393 e. The molecule has 0 aliphatic carbocycles. The van der Waals surface area contributed by atoms with Gasteiger partial charge >= 0.3 is 0 Å². The molecule has 8 heteroatoms. The molecule has 0 radical (unpaired) electrons. The summed E-state index contributed by atoms with van der Waals surface area (Å²) in [7, 11) is 0. The second kappa shape index (κ2) is 11.5. The van der Waals surface area contributed by atoms with Gasteiger partial charge in [0.2, 0.25) is 0 Å². The van der Waals surface area contributed by atoms with Gasteiger partial charge in [0.15, 0.2) is 0 Å². The molecule has 6 rings (SSSR count). The lowest BCUT2D eigenvalue weighted by Crippen LogP contribution is -2.44. The number of rotatable bonds is 4. The van der Waals surface area contributed by atoms with Crippen molar-refractivity contribution in [1.82, 2.24) is 9.80 Å². The molecular weight excluding hydrogens is 538 g/mol. The number of hydrogen-bond acceptors (Lipinski definition) is 4. The maximum absolute atomic E-state index is 11.6. The topological polar surface area (TPSA) is 43.8 Å². The number of carbonyl (C=O) groups excluding carboxylic acids is 1.